The van der Waals surface area contributed by atoms with Gasteiger partial charge in [0, 0.05) is 38.6 Å². The Balaban J connectivity index is 0.000000239. The number of nitrogens with two attached hydrogens (primary N) is 1. The average Bonchev–Trinajstić information content (AvgIpc) is 1.61. The van der Waals surface area contributed by atoms with Crippen LogP contribution >= 0.6 is 81.2 Å². The maximum Gasteiger partial charge on any atom is 0.338 e. The monoisotopic (exact) mass is 2100 g/mol. The van der Waals surface area contributed by atoms with Crippen LogP contribution in [0.15, 0.2) is 174 Å². The van der Waals surface area contributed by atoms with Crippen LogP contribution in [0.1, 0.15) is 236 Å². The Morgan fingerprint density at radius 3 is 1.73 bits per heavy atom. The van der Waals surface area contributed by atoms with E-state index in [1.165, 1.54) is 86.2 Å². The number of rotatable bonds is 42. The van der Waals surface area contributed by atoms with Crippen molar-refractivity contribution in [3.63, 3.8) is 0 Å². The molecule has 6 N–H and O–H groups in total. The summed E-state index contributed by atoms with van der Waals surface area (Å²) in [6.45, 7) is 29.8. The van der Waals surface area contributed by atoms with Crippen LogP contribution in [-0.4, -0.2) is 137 Å². The molecule has 3 heterocycles. The summed E-state index contributed by atoms with van der Waals surface area (Å²) >= 11 is 43.3. The van der Waals surface area contributed by atoms with Crippen molar-refractivity contribution in [2.45, 2.75) is 245 Å². The third-order valence-electron chi connectivity index (χ3n) is 23.3. The van der Waals surface area contributed by atoms with Crippen molar-refractivity contribution in [1.82, 2.24) is 15.1 Å². The smallest absolute Gasteiger partial charge is 0.338 e. The Hall–Kier alpha value is -11.4. The Kier molecular flexibility index (Phi) is 45.5. The van der Waals surface area contributed by atoms with Gasteiger partial charge < -0.3 is 45.0 Å². The number of hydrogen-bond acceptors (Lipinski definition) is 21. The molecule has 9 amide bonds. The minimum absolute atomic E-state index is 0.0275. The van der Waals surface area contributed by atoms with Crippen LogP contribution < -0.4 is 46.7 Å². The number of amides is 9. The van der Waals surface area contributed by atoms with Gasteiger partial charge in [-0.2, -0.15) is 20.2 Å². The van der Waals surface area contributed by atoms with E-state index in [9.17, 15) is 57.5 Å². The van der Waals surface area contributed by atoms with Gasteiger partial charge in [-0.15, -0.1) is 0 Å². The van der Waals surface area contributed by atoms with Crippen molar-refractivity contribution in [2.75, 3.05) is 52.4 Å². The first-order valence-corrected chi connectivity index (χ1v) is 50.2. The van der Waals surface area contributed by atoms with Gasteiger partial charge in [-0.05, 0) is 174 Å². The SMILES string of the molecule is CCCCCCCCCCCCOC(=O)c1ccc(Cl)c(NC(=O)C(C(=O)C(C)(C)C)N2C(=O)C(OCC)N(Cc3ccccc3)C2=O)c1.CCCCOC(=O)C(C)CC(C)(CC)C(=O)NC1=NN(c2cc(Cl)ccc2Cl)C(=O)C1.Cc1ccc(OC(C(=O)Nc2cc(C)ccc2Cl)C(=O)C(C)(C)C)cc1.Cc1ccc(OCC(=O)Nc2cccc(C(ON)C3=NN(c4c(Cl)cc(Cl)cc4Cl)C(=O)C3)c2)c(C)c1. The van der Waals surface area contributed by atoms with Gasteiger partial charge in [0.05, 0.1) is 92.0 Å². The lowest BCUT2D eigenvalue weighted by Crippen LogP contribution is -2.55. The lowest BCUT2D eigenvalue weighted by atomic mass is 9.78. The van der Waals surface area contributed by atoms with Crippen molar-refractivity contribution < 1.29 is 86.1 Å². The highest BCUT2D eigenvalue weighted by Gasteiger charge is 2.55. The van der Waals surface area contributed by atoms with E-state index < -0.39 is 82.1 Å². The molecular weight excluding hydrogens is 1980 g/mol. The number of nitrogens with one attached hydrogen (secondary N) is 4. The lowest BCUT2D eigenvalue weighted by Gasteiger charge is -2.29. The highest BCUT2D eigenvalue weighted by molar-refractivity contribution is 6.43. The Bertz CT molecular complexity index is 5870. The van der Waals surface area contributed by atoms with Gasteiger partial charge in [-0.3, -0.25) is 57.7 Å². The Morgan fingerprint density at radius 2 is 1.12 bits per heavy atom. The van der Waals surface area contributed by atoms with Gasteiger partial charge in [-0.1, -0.05) is 305 Å². The van der Waals surface area contributed by atoms with Crippen LogP contribution in [0.25, 0.3) is 0 Å². The number of aryl methyl sites for hydroxylation is 4. The zero-order chi connectivity index (χ0) is 105. The van der Waals surface area contributed by atoms with Gasteiger partial charge in [0.15, 0.2) is 24.2 Å². The van der Waals surface area contributed by atoms with E-state index in [-0.39, 0.29) is 112 Å². The molecule has 0 bridgehead atoms. The molecule has 3 aliphatic heterocycles. The van der Waals surface area contributed by atoms with Crippen LogP contribution in [0.2, 0.25) is 35.2 Å². The fourth-order valence-electron chi connectivity index (χ4n) is 15.1. The zero-order valence-corrected chi connectivity index (χ0v) is 88.9. The molecule has 29 nitrogen and oxygen atoms in total. The number of imide groups is 1. The minimum atomic E-state index is -1.83. The molecule has 0 aliphatic carbocycles. The van der Waals surface area contributed by atoms with Gasteiger partial charge in [0.2, 0.25) is 18.2 Å². The van der Waals surface area contributed by atoms with Gasteiger partial charge >= 0.3 is 18.0 Å². The molecule has 8 aromatic carbocycles. The normalized spacial score (nSPS) is 14.7. The number of urea groups is 1. The number of nitrogens with zero attached hydrogens (tertiary/aromatic N) is 6. The maximum atomic E-state index is 13.9. The quantitative estimate of drug-likeness (QED) is 0.00780. The largest absolute Gasteiger partial charge is 0.483 e. The molecule has 0 saturated carbocycles. The Labute approximate surface area is 871 Å². The molecule has 11 rings (SSSR count). The summed E-state index contributed by atoms with van der Waals surface area (Å²) < 4.78 is 27.8. The second kappa shape index (κ2) is 55.7. The molecule has 143 heavy (non-hydrogen) atoms. The number of carbonyl (C=O) groups excluding carboxylic acids is 12. The number of carbonyl (C=O) groups is 12. The number of hydrazone groups is 2. The van der Waals surface area contributed by atoms with E-state index in [0.29, 0.717) is 84.3 Å². The fraction of sp³-hybridized carbons (Fsp3) is 0.421. The number of esters is 2. The van der Waals surface area contributed by atoms with Gasteiger partial charge in [0.1, 0.15) is 29.1 Å². The molecule has 0 radical (unpaired) electrons. The first kappa shape index (κ1) is 117. The van der Waals surface area contributed by atoms with E-state index in [0.717, 1.165) is 69.9 Å². The highest BCUT2D eigenvalue weighted by atomic mass is 35.5. The number of anilines is 5. The topological polar surface area (TPSA) is 372 Å². The van der Waals surface area contributed by atoms with Crippen LogP contribution in [-0.2, 0) is 73.5 Å². The van der Waals surface area contributed by atoms with Crippen LogP contribution in [0.3, 0.4) is 0 Å². The zero-order valence-electron chi connectivity index (χ0n) is 83.6. The fourth-order valence-corrected chi connectivity index (χ4v) is 16.8. The van der Waals surface area contributed by atoms with Crippen molar-refractivity contribution in [3.05, 3.63) is 238 Å². The van der Waals surface area contributed by atoms with Gasteiger partial charge in [0.25, 0.3) is 35.4 Å². The second-order valence-electron chi connectivity index (χ2n) is 37.3. The molecule has 768 valence electrons. The van der Waals surface area contributed by atoms with E-state index >= 15 is 0 Å². The van der Waals surface area contributed by atoms with E-state index in [1.54, 1.807) is 147 Å². The first-order chi connectivity index (χ1) is 67.7. The number of ketones is 2. The van der Waals surface area contributed by atoms with Crippen molar-refractivity contribution >= 4 is 192 Å². The molecule has 1 saturated heterocycles. The van der Waals surface area contributed by atoms with Crippen molar-refractivity contribution in [3.8, 4) is 11.5 Å². The van der Waals surface area contributed by atoms with Crippen LogP contribution in [0, 0.1) is 49.9 Å². The molecule has 1 fully saturated rings. The molecular formula is C107H128Cl7N11O18. The number of amidine groups is 1. The summed E-state index contributed by atoms with van der Waals surface area (Å²) in [4.78, 5) is 164. The number of halogens is 7. The van der Waals surface area contributed by atoms with Gasteiger partial charge in [-0.25, -0.2) is 20.4 Å². The number of unbranched alkanes of at least 4 members (excludes halogenated alkanes) is 10. The predicted molar refractivity (Wildman–Crippen MR) is 563 cm³/mol. The van der Waals surface area contributed by atoms with E-state index in [2.05, 4.69) is 38.4 Å². The molecule has 8 aromatic rings. The van der Waals surface area contributed by atoms with E-state index in [1.807, 2.05) is 84.0 Å². The maximum absolute atomic E-state index is 13.9. The lowest BCUT2D eigenvalue weighted by molar-refractivity contribution is -0.150. The van der Waals surface area contributed by atoms with Crippen molar-refractivity contribution in [1.29, 1.82) is 0 Å². The second-order valence-corrected chi connectivity index (χ2v) is 40.2. The summed E-state index contributed by atoms with van der Waals surface area (Å²) in [7, 11) is 0. The summed E-state index contributed by atoms with van der Waals surface area (Å²) in [5.41, 5.74) is 4.77. The predicted octanol–water partition coefficient (Wildman–Crippen LogP) is 24.1. The molecule has 3 aliphatic rings. The van der Waals surface area contributed by atoms with Crippen LogP contribution in [0.4, 0.5) is 33.2 Å². The number of hydrogen-bond donors (Lipinski definition) is 5. The number of Topliss-reactive ketones (excluding diaryl/α,β-unsaturated/α-hetero) is 2. The van der Waals surface area contributed by atoms with Crippen molar-refractivity contribution in [2.24, 2.45) is 38.3 Å². The van der Waals surface area contributed by atoms with Crippen LogP contribution in [0.5, 0.6) is 11.5 Å². The Morgan fingerprint density at radius 1 is 0.538 bits per heavy atom. The summed E-state index contributed by atoms with van der Waals surface area (Å²) in [6, 6.07) is 43.4. The number of ether oxygens (including phenoxy) is 5. The first-order valence-electron chi connectivity index (χ1n) is 47.5. The third kappa shape index (κ3) is 34.4. The number of benzene rings is 8. The summed E-state index contributed by atoms with van der Waals surface area (Å²) in [5.74, 6) is 0.995. The highest BCUT2D eigenvalue weighted by Crippen LogP contribution is 2.42. The molecule has 0 aromatic heterocycles. The molecule has 6 atom stereocenters. The molecule has 0 spiro atoms. The standard InChI is InChI=1S/C38H52ClN3O7.C26H23Cl3N4O4.C22H29Cl2N3O4.C21H24ClNO3/c1-6-8-9-10-11-12-13-14-15-19-24-49-36(46)28-22-23-29(39)30(25-28)40-33(44)31(32(43)38(3,4)5)42-34(45)35(48-7-2)41(37(42)47)26-27-20-17-16-18-21-27;1-14-6-7-22(15(2)8-14)36-13-23(34)31-18-5-3-4-16(9-18)26(37-30)21-12-24(35)33(32-21)25-19(28)10-17(27)11-20(25)29;1-5-7-10-31-20(29)14(3)13-22(4,6-2)21(30)25-18-12-19(28)27(26-18)17-11-15(23)8-9-16(17)24;1-13-6-9-15(10-7-13)26-18(19(24)21(3,4)5)20(25)23-17-12-14(2)8-11-16(17)22/h16-18,20-23,25,31,35H,6-15,19,24,26H2,1-5H3,(H,40,44);3-11,26H,12-13,30H2,1-2H3,(H,31,34);8-9,11,14H,5-7,10,12-13H2,1-4H3,(H,25,26,30);6-12,18H,1-5H3,(H,23,25). The third-order valence-corrected chi connectivity index (χ3v) is 25.3. The average molecular weight is 2100 g/mol. The minimum Gasteiger partial charge on any atom is -0.483 e. The molecule has 6 unspecified atom stereocenters. The van der Waals surface area contributed by atoms with E-state index in [4.69, 9.17) is 116 Å². The summed E-state index contributed by atoms with van der Waals surface area (Å²) in [5, 5.41) is 23.6. The summed E-state index contributed by atoms with van der Waals surface area (Å²) in [6.07, 6.45) is 10.6. The molecule has 36 heteroatoms.